The fourth-order valence-electron chi connectivity index (χ4n) is 8.37. The molecule has 4 rings (SSSR count). The first-order valence-corrected chi connectivity index (χ1v) is 11.8. The number of ketones is 1. The lowest BCUT2D eigenvalue weighted by atomic mass is 9.47. The fourth-order valence-corrected chi connectivity index (χ4v) is 8.37. The minimum atomic E-state index is -0.709. The van der Waals surface area contributed by atoms with Crippen LogP contribution >= 0.6 is 0 Å². The van der Waals surface area contributed by atoms with Gasteiger partial charge in [-0.2, -0.15) is 10.5 Å². The van der Waals surface area contributed by atoms with Crippen molar-refractivity contribution in [2.75, 3.05) is 0 Å². The second-order valence-electron chi connectivity index (χ2n) is 11.0. The van der Waals surface area contributed by atoms with Crippen molar-refractivity contribution in [1.82, 2.24) is 0 Å². The largest absolute Gasteiger partial charge is 0.462 e. The van der Waals surface area contributed by atoms with Crippen molar-refractivity contribution in [2.45, 2.75) is 78.7 Å². The summed E-state index contributed by atoms with van der Waals surface area (Å²) >= 11 is 0. The number of esters is 1. The highest BCUT2D eigenvalue weighted by Gasteiger charge is 2.63. The van der Waals surface area contributed by atoms with E-state index >= 15 is 0 Å². The van der Waals surface area contributed by atoms with Crippen LogP contribution in [0.4, 0.5) is 0 Å². The number of hydrogen-bond acceptors (Lipinski definition) is 5. The molecule has 0 N–H and O–H groups in total. The summed E-state index contributed by atoms with van der Waals surface area (Å²) < 4.78 is 5.53. The molecule has 0 bridgehead atoms. The van der Waals surface area contributed by atoms with Crippen LogP contribution in [0.15, 0.2) is 11.6 Å². The maximum atomic E-state index is 12.8. The van der Waals surface area contributed by atoms with Gasteiger partial charge in [-0.15, -0.1) is 0 Å². The summed E-state index contributed by atoms with van der Waals surface area (Å²) in [6, 6.07) is 4.37. The predicted octanol–water partition coefficient (Wildman–Crippen LogP) is 4.98. The molecule has 3 saturated carbocycles. The van der Waals surface area contributed by atoms with Gasteiger partial charge in [0.25, 0.3) is 0 Å². The number of carbonyl (C=O) groups excluding carboxylic acids is 2. The molecular weight excluding hydrogens is 388 g/mol. The van der Waals surface area contributed by atoms with Gasteiger partial charge in [0.1, 0.15) is 17.8 Å². The van der Waals surface area contributed by atoms with E-state index in [1.165, 1.54) is 12.5 Å². The second-order valence-corrected chi connectivity index (χ2v) is 11.0. The van der Waals surface area contributed by atoms with Crippen molar-refractivity contribution in [3.05, 3.63) is 11.6 Å². The standard InChI is InChI=1S/C26H34N2O3/c1-15(29)24-21(17(13-27)14-28)12-23-20-6-5-18-11-19(31-16(2)30)7-9-25(18,3)22(20)8-10-26(23,24)4/h5,17,19-24H,6-12H2,1-4H3/t19-,20-,21+,22+,23+,24+,25+,26+/m1/s1. The summed E-state index contributed by atoms with van der Waals surface area (Å²) in [4.78, 5) is 24.2. The van der Waals surface area contributed by atoms with E-state index in [-0.39, 0.29) is 40.5 Å². The number of nitriles is 2. The monoisotopic (exact) mass is 422 g/mol. The minimum Gasteiger partial charge on any atom is -0.462 e. The Bertz CT molecular complexity index is 881. The molecule has 4 aliphatic rings. The third-order valence-electron chi connectivity index (χ3n) is 9.64. The van der Waals surface area contributed by atoms with Gasteiger partial charge in [0, 0.05) is 19.3 Å². The molecule has 0 aliphatic heterocycles. The third-order valence-corrected chi connectivity index (χ3v) is 9.64. The highest BCUT2D eigenvalue weighted by Crippen LogP contribution is 2.68. The van der Waals surface area contributed by atoms with Gasteiger partial charge in [-0.3, -0.25) is 9.59 Å². The summed E-state index contributed by atoms with van der Waals surface area (Å²) in [6.07, 6.45) is 9.03. The Labute approximate surface area is 185 Å². The Balaban J connectivity index is 1.65. The Morgan fingerprint density at radius 2 is 1.84 bits per heavy atom. The van der Waals surface area contributed by atoms with E-state index in [0.717, 1.165) is 44.9 Å². The maximum Gasteiger partial charge on any atom is 0.302 e. The molecule has 0 saturated heterocycles. The smallest absolute Gasteiger partial charge is 0.302 e. The molecule has 0 aromatic carbocycles. The zero-order chi connectivity index (χ0) is 22.6. The van der Waals surface area contributed by atoms with E-state index in [1.807, 2.05) is 0 Å². The van der Waals surface area contributed by atoms with Crippen LogP contribution in [0.3, 0.4) is 0 Å². The highest BCUT2D eigenvalue weighted by molar-refractivity contribution is 5.80. The lowest BCUT2D eigenvalue weighted by Gasteiger charge is -2.58. The fraction of sp³-hybridized carbons (Fsp3) is 0.769. The van der Waals surface area contributed by atoms with Crippen LogP contribution in [-0.2, 0) is 14.3 Å². The van der Waals surface area contributed by atoms with Crippen LogP contribution in [0.1, 0.15) is 72.6 Å². The summed E-state index contributed by atoms with van der Waals surface area (Å²) in [5, 5.41) is 19.2. The zero-order valence-corrected chi connectivity index (χ0v) is 19.2. The highest BCUT2D eigenvalue weighted by atomic mass is 16.5. The summed E-state index contributed by atoms with van der Waals surface area (Å²) in [7, 11) is 0. The zero-order valence-electron chi connectivity index (χ0n) is 19.2. The van der Waals surface area contributed by atoms with E-state index < -0.39 is 5.92 Å². The van der Waals surface area contributed by atoms with Crippen LogP contribution < -0.4 is 0 Å². The first kappa shape index (κ1) is 22.1. The van der Waals surface area contributed by atoms with Crippen molar-refractivity contribution >= 4 is 11.8 Å². The molecule has 0 amide bonds. The van der Waals surface area contributed by atoms with Gasteiger partial charge in [-0.25, -0.2) is 0 Å². The average molecular weight is 423 g/mol. The van der Waals surface area contributed by atoms with Crippen LogP contribution in [0.25, 0.3) is 0 Å². The molecule has 0 heterocycles. The van der Waals surface area contributed by atoms with E-state index in [9.17, 15) is 20.1 Å². The number of allylic oxidation sites excluding steroid dienone is 1. The molecule has 5 heteroatoms. The summed E-state index contributed by atoms with van der Waals surface area (Å²) in [5.74, 6) is 0.298. The third kappa shape index (κ3) is 3.32. The van der Waals surface area contributed by atoms with Gasteiger partial charge in [0.2, 0.25) is 0 Å². The molecule has 31 heavy (non-hydrogen) atoms. The van der Waals surface area contributed by atoms with Crippen molar-refractivity contribution in [3.8, 4) is 12.1 Å². The SMILES string of the molecule is CC(=O)O[C@@H]1CC[C@@]2(C)C(=CC[C@H]3[C@@H]4C[C@@H](C(C#N)C#N)[C@H](C(C)=O)[C@@]4(C)CC[C@@H]32)C1. The van der Waals surface area contributed by atoms with Gasteiger partial charge in [-0.1, -0.05) is 25.5 Å². The lowest BCUT2D eigenvalue weighted by molar-refractivity contribution is -0.149. The van der Waals surface area contributed by atoms with Crippen molar-refractivity contribution in [1.29, 1.82) is 10.5 Å². The van der Waals surface area contributed by atoms with Crippen molar-refractivity contribution < 1.29 is 14.3 Å². The first-order chi connectivity index (χ1) is 14.7. The molecule has 0 spiro atoms. The lowest BCUT2D eigenvalue weighted by Crippen LogP contribution is -2.51. The van der Waals surface area contributed by atoms with Gasteiger partial charge in [-0.05, 0) is 80.0 Å². The number of ether oxygens (including phenoxy) is 1. The Kier molecular flexibility index (Phi) is 5.53. The van der Waals surface area contributed by atoms with Crippen LogP contribution in [-0.4, -0.2) is 17.9 Å². The molecule has 3 fully saturated rings. The topological polar surface area (TPSA) is 90.9 Å². The van der Waals surface area contributed by atoms with Crippen molar-refractivity contribution in [2.24, 2.45) is 46.3 Å². The molecule has 8 atom stereocenters. The molecule has 5 nitrogen and oxygen atoms in total. The Hall–Kier alpha value is -2.14. The molecule has 0 unspecified atom stereocenters. The molecule has 4 aliphatic carbocycles. The quantitative estimate of drug-likeness (QED) is 0.473. The number of Topliss-reactive ketones (excluding diaryl/α,β-unsaturated/α-hetero) is 1. The summed E-state index contributed by atoms with van der Waals surface area (Å²) in [5.41, 5.74) is 1.44. The van der Waals surface area contributed by atoms with Crippen LogP contribution in [0, 0.1) is 69.0 Å². The second kappa shape index (κ2) is 7.77. The van der Waals surface area contributed by atoms with Gasteiger partial charge in [0.05, 0.1) is 12.1 Å². The van der Waals surface area contributed by atoms with Gasteiger partial charge in [0.15, 0.2) is 0 Å². The van der Waals surface area contributed by atoms with Crippen LogP contribution in [0.5, 0.6) is 0 Å². The molecule has 166 valence electrons. The molecule has 0 aromatic heterocycles. The Morgan fingerprint density at radius 3 is 2.45 bits per heavy atom. The average Bonchev–Trinajstić information content (AvgIpc) is 3.02. The van der Waals surface area contributed by atoms with Crippen LogP contribution in [0.2, 0.25) is 0 Å². The van der Waals surface area contributed by atoms with E-state index in [2.05, 4.69) is 32.1 Å². The Morgan fingerprint density at radius 1 is 1.13 bits per heavy atom. The minimum absolute atomic E-state index is 0.00722. The van der Waals surface area contributed by atoms with Gasteiger partial charge >= 0.3 is 5.97 Å². The molecule has 0 aromatic rings. The number of fused-ring (bicyclic) bond motifs is 5. The van der Waals surface area contributed by atoms with Gasteiger partial charge < -0.3 is 4.74 Å². The number of rotatable bonds is 3. The van der Waals surface area contributed by atoms with E-state index in [1.54, 1.807) is 6.92 Å². The maximum absolute atomic E-state index is 12.8. The predicted molar refractivity (Wildman–Crippen MR) is 115 cm³/mol. The normalized spacial score (nSPS) is 43.5. The number of carbonyl (C=O) groups is 2. The van der Waals surface area contributed by atoms with E-state index in [4.69, 9.17) is 4.74 Å². The molecular formula is C26H34N2O3. The van der Waals surface area contributed by atoms with E-state index in [0.29, 0.717) is 17.8 Å². The first-order valence-electron chi connectivity index (χ1n) is 11.8. The number of hydrogen-bond donors (Lipinski definition) is 0. The molecule has 0 radical (unpaired) electrons. The van der Waals surface area contributed by atoms with Crippen molar-refractivity contribution in [3.63, 3.8) is 0 Å². The number of nitrogens with zero attached hydrogens (tertiary/aromatic N) is 2. The summed E-state index contributed by atoms with van der Waals surface area (Å²) in [6.45, 7) is 7.79.